The Kier molecular flexibility index (Phi) is 7.43. The molecule has 1 unspecified atom stereocenters. The van der Waals surface area contributed by atoms with Crippen molar-refractivity contribution in [2.24, 2.45) is 4.99 Å². The van der Waals surface area contributed by atoms with E-state index in [1.807, 2.05) is 36.0 Å². The van der Waals surface area contributed by atoms with Gasteiger partial charge in [0.2, 0.25) is 5.91 Å². The molecule has 2 rings (SSSR count). The van der Waals surface area contributed by atoms with E-state index in [1.54, 1.807) is 7.05 Å². The molecule has 138 valence electrons. The average Bonchev–Trinajstić information content (AvgIpc) is 3.01. The van der Waals surface area contributed by atoms with E-state index in [1.165, 1.54) is 25.5 Å². The van der Waals surface area contributed by atoms with Crippen molar-refractivity contribution in [2.45, 2.75) is 31.4 Å². The van der Waals surface area contributed by atoms with Crippen molar-refractivity contribution in [3.05, 3.63) is 24.3 Å². The average molecular weight is 365 g/mol. The predicted molar refractivity (Wildman–Crippen MR) is 106 cm³/mol. The Labute approximate surface area is 154 Å². The number of nitrogens with zero attached hydrogens (tertiary/aromatic N) is 1. The molecule has 1 aliphatic rings. The molecule has 1 aromatic carbocycles. The maximum absolute atomic E-state index is 11.1. The highest BCUT2D eigenvalue weighted by Gasteiger charge is 2.29. The number of rotatable bonds is 7. The number of carbonyl (C=O) groups excluding carboxylic acids is 1. The standard InChI is InChI=1S/C18H28N4O2S/c1-14(23)22-15-6-4-7-16(12-15)24-10-9-20-17(19-3)21-13-18(2)8-5-11-25-18/h4,6-7,12H,5,8-11,13H2,1-3H3,(H,22,23)(H2,19,20,21). The van der Waals surface area contributed by atoms with Crippen LogP contribution in [0.25, 0.3) is 0 Å². The largest absolute Gasteiger partial charge is 0.492 e. The van der Waals surface area contributed by atoms with E-state index in [9.17, 15) is 4.79 Å². The molecule has 1 heterocycles. The quantitative estimate of drug-likeness (QED) is 0.394. The Bertz CT molecular complexity index is 600. The summed E-state index contributed by atoms with van der Waals surface area (Å²) in [7, 11) is 1.78. The van der Waals surface area contributed by atoms with E-state index in [0.29, 0.717) is 17.9 Å². The molecular weight excluding hydrogens is 336 g/mol. The topological polar surface area (TPSA) is 74.8 Å². The van der Waals surface area contributed by atoms with Crippen LogP contribution in [0.15, 0.2) is 29.3 Å². The summed E-state index contributed by atoms with van der Waals surface area (Å²) < 4.78 is 6.02. The second-order valence-electron chi connectivity index (χ2n) is 6.31. The zero-order chi connectivity index (χ0) is 18.1. The third-order valence-electron chi connectivity index (χ3n) is 3.97. The van der Waals surface area contributed by atoms with Gasteiger partial charge in [0.1, 0.15) is 12.4 Å². The number of anilines is 1. The van der Waals surface area contributed by atoms with Gasteiger partial charge < -0.3 is 20.7 Å². The molecule has 0 radical (unpaired) electrons. The summed E-state index contributed by atoms with van der Waals surface area (Å²) in [6.45, 7) is 5.86. The van der Waals surface area contributed by atoms with Crippen LogP contribution in [0.5, 0.6) is 5.75 Å². The van der Waals surface area contributed by atoms with Gasteiger partial charge in [-0.1, -0.05) is 6.07 Å². The van der Waals surface area contributed by atoms with Crippen LogP contribution in [-0.2, 0) is 4.79 Å². The maximum atomic E-state index is 11.1. The van der Waals surface area contributed by atoms with Crippen LogP contribution in [0.4, 0.5) is 5.69 Å². The summed E-state index contributed by atoms with van der Waals surface area (Å²) in [6, 6.07) is 7.37. The molecular formula is C18H28N4O2S. The second-order valence-corrected chi connectivity index (χ2v) is 7.99. The van der Waals surface area contributed by atoms with Crippen molar-refractivity contribution in [1.29, 1.82) is 0 Å². The first-order chi connectivity index (χ1) is 12.0. The van der Waals surface area contributed by atoms with Crippen LogP contribution in [-0.4, -0.2) is 49.1 Å². The highest BCUT2D eigenvalue weighted by atomic mass is 32.2. The number of thioether (sulfide) groups is 1. The molecule has 0 bridgehead atoms. The number of nitrogens with one attached hydrogen (secondary N) is 3. The number of aliphatic imine (C=N–C) groups is 1. The van der Waals surface area contributed by atoms with Gasteiger partial charge in [-0.15, -0.1) is 0 Å². The first kappa shape index (κ1) is 19.4. The van der Waals surface area contributed by atoms with Gasteiger partial charge in [-0.2, -0.15) is 11.8 Å². The summed E-state index contributed by atoms with van der Waals surface area (Å²) >= 11 is 2.03. The zero-order valence-corrected chi connectivity index (χ0v) is 16.0. The molecule has 3 N–H and O–H groups in total. The third kappa shape index (κ3) is 6.86. The molecule has 0 spiro atoms. The van der Waals surface area contributed by atoms with Crippen molar-refractivity contribution >= 4 is 29.3 Å². The van der Waals surface area contributed by atoms with E-state index in [2.05, 4.69) is 27.9 Å². The van der Waals surface area contributed by atoms with Crippen molar-refractivity contribution in [3.63, 3.8) is 0 Å². The molecule has 7 heteroatoms. The van der Waals surface area contributed by atoms with Crippen LogP contribution < -0.4 is 20.7 Å². The predicted octanol–water partition coefficient (Wildman–Crippen LogP) is 2.47. The molecule has 0 saturated carbocycles. The number of hydrogen-bond acceptors (Lipinski definition) is 4. The van der Waals surface area contributed by atoms with Gasteiger partial charge >= 0.3 is 0 Å². The van der Waals surface area contributed by atoms with E-state index in [-0.39, 0.29) is 5.91 Å². The Morgan fingerprint density at radius 1 is 1.40 bits per heavy atom. The molecule has 1 aromatic rings. The van der Waals surface area contributed by atoms with Gasteiger partial charge in [0.05, 0.1) is 6.54 Å². The summed E-state index contributed by atoms with van der Waals surface area (Å²) in [5.41, 5.74) is 0.734. The number of benzene rings is 1. The maximum Gasteiger partial charge on any atom is 0.221 e. The van der Waals surface area contributed by atoms with Gasteiger partial charge in [0.15, 0.2) is 5.96 Å². The van der Waals surface area contributed by atoms with Crippen molar-refractivity contribution in [1.82, 2.24) is 10.6 Å². The van der Waals surface area contributed by atoms with Crippen LogP contribution in [0, 0.1) is 0 Å². The minimum absolute atomic E-state index is 0.0946. The number of carbonyl (C=O) groups is 1. The fraction of sp³-hybridized carbons (Fsp3) is 0.556. The Hall–Kier alpha value is -1.89. The van der Waals surface area contributed by atoms with Crippen LogP contribution in [0.3, 0.4) is 0 Å². The molecule has 0 aliphatic carbocycles. The first-order valence-corrected chi connectivity index (χ1v) is 9.58. The number of hydrogen-bond donors (Lipinski definition) is 3. The molecule has 1 aliphatic heterocycles. The minimum Gasteiger partial charge on any atom is -0.492 e. The Morgan fingerprint density at radius 2 is 2.24 bits per heavy atom. The Balaban J connectivity index is 1.69. The lowest BCUT2D eigenvalue weighted by Crippen LogP contribution is -2.44. The van der Waals surface area contributed by atoms with E-state index < -0.39 is 0 Å². The number of guanidine groups is 1. The normalized spacial score (nSPS) is 20.2. The monoisotopic (exact) mass is 364 g/mol. The molecule has 6 nitrogen and oxygen atoms in total. The third-order valence-corrected chi connectivity index (χ3v) is 5.51. The van der Waals surface area contributed by atoms with Crippen LogP contribution >= 0.6 is 11.8 Å². The van der Waals surface area contributed by atoms with Gasteiger partial charge in [0.25, 0.3) is 0 Å². The van der Waals surface area contributed by atoms with E-state index in [0.717, 1.165) is 23.9 Å². The highest BCUT2D eigenvalue weighted by Crippen LogP contribution is 2.36. The van der Waals surface area contributed by atoms with E-state index >= 15 is 0 Å². The molecule has 1 amide bonds. The van der Waals surface area contributed by atoms with Gasteiger partial charge in [-0.3, -0.25) is 9.79 Å². The van der Waals surface area contributed by atoms with Crippen molar-refractivity contribution in [3.8, 4) is 5.75 Å². The summed E-state index contributed by atoms with van der Waals surface area (Å²) in [6.07, 6.45) is 2.54. The van der Waals surface area contributed by atoms with Crippen molar-refractivity contribution in [2.75, 3.05) is 37.8 Å². The smallest absolute Gasteiger partial charge is 0.221 e. The zero-order valence-electron chi connectivity index (χ0n) is 15.2. The highest BCUT2D eigenvalue weighted by molar-refractivity contribution is 8.00. The van der Waals surface area contributed by atoms with Crippen molar-refractivity contribution < 1.29 is 9.53 Å². The van der Waals surface area contributed by atoms with E-state index in [4.69, 9.17) is 4.74 Å². The second kappa shape index (κ2) is 9.56. The molecule has 25 heavy (non-hydrogen) atoms. The SMILES string of the molecule is CN=C(NCCOc1cccc(NC(C)=O)c1)NCC1(C)CCCS1. The molecule has 1 fully saturated rings. The van der Waals surface area contributed by atoms with Gasteiger partial charge in [-0.05, 0) is 37.7 Å². The lowest BCUT2D eigenvalue weighted by molar-refractivity contribution is -0.114. The fourth-order valence-electron chi connectivity index (χ4n) is 2.67. The summed E-state index contributed by atoms with van der Waals surface area (Å²) in [4.78, 5) is 15.3. The summed E-state index contributed by atoms with van der Waals surface area (Å²) in [5.74, 6) is 2.67. The summed E-state index contributed by atoms with van der Waals surface area (Å²) in [5, 5.41) is 9.40. The van der Waals surface area contributed by atoms with Gasteiger partial charge in [0, 0.05) is 37.0 Å². The first-order valence-electron chi connectivity index (χ1n) is 8.60. The van der Waals surface area contributed by atoms with Crippen LogP contribution in [0.1, 0.15) is 26.7 Å². The number of ether oxygens (including phenoxy) is 1. The minimum atomic E-state index is -0.0946. The lowest BCUT2D eigenvalue weighted by atomic mass is 10.1. The molecule has 0 aromatic heterocycles. The lowest BCUT2D eigenvalue weighted by Gasteiger charge is -2.24. The molecule has 1 atom stereocenters. The molecule has 1 saturated heterocycles. The fourth-order valence-corrected chi connectivity index (χ4v) is 3.92. The van der Waals surface area contributed by atoms with Gasteiger partial charge in [-0.25, -0.2) is 0 Å². The number of amides is 1. The van der Waals surface area contributed by atoms with Crippen LogP contribution in [0.2, 0.25) is 0 Å². The Morgan fingerprint density at radius 3 is 2.92 bits per heavy atom.